The topological polar surface area (TPSA) is 17.1 Å². The first-order chi connectivity index (χ1) is 1.00. The summed E-state index contributed by atoms with van der Waals surface area (Å²) in [5.74, 6) is 0. The van der Waals surface area contributed by atoms with E-state index < -0.39 is 0 Å². The predicted octanol–water partition coefficient (Wildman–Crippen LogP) is -0.885. The van der Waals surface area contributed by atoms with Gasteiger partial charge in [-0.25, -0.2) is 0 Å². The molecule has 1 nitrogen and oxygen atoms in total. The zero-order valence-electron chi connectivity index (χ0n) is 2.90. The Labute approximate surface area is 90.5 Å². The molecular formula is CdGaOSnZn. The van der Waals surface area contributed by atoms with Crippen molar-refractivity contribution in [1.82, 2.24) is 0 Å². The minimum Gasteiger partial charge on any atom is 0 e. The molecule has 5 heteroatoms. The number of rotatable bonds is 0. The summed E-state index contributed by atoms with van der Waals surface area (Å²) in [4.78, 5) is 0. The first-order valence-corrected chi connectivity index (χ1v) is 1.37. The van der Waals surface area contributed by atoms with E-state index in [9.17, 15) is 0 Å². The molecule has 0 bridgehead atoms. The van der Waals surface area contributed by atoms with Crippen molar-refractivity contribution in [3.8, 4) is 0 Å². The van der Waals surface area contributed by atoms with Gasteiger partial charge < -0.3 is 0 Å². The third-order valence-electron chi connectivity index (χ3n) is 0. The summed E-state index contributed by atoms with van der Waals surface area (Å²) in [5, 5.41) is 0. The standard InChI is InChI=1S/Cd.Ga.O.Sn.Zn. The summed E-state index contributed by atoms with van der Waals surface area (Å²) in [6.07, 6.45) is 0. The van der Waals surface area contributed by atoms with Crippen molar-refractivity contribution in [2.24, 2.45) is 0 Å². The fourth-order valence-electron chi connectivity index (χ4n) is 0. The van der Waals surface area contributed by atoms with Gasteiger partial charge in [-0.3, -0.25) is 0 Å². The minimum absolute atomic E-state index is 0. The minimum atomic E-state index is 0. The van der Waals surface area contributed by atoms with Crippen LogP contribution in [0.2, 0.25) is 0 Å². The molecule has 0 unspecified atom stereocenters. The van der Waals surface area contributed by atoms with Crippen LogP contribution in [-0.2, 0) is 49.9 Å². The predicted molar refractivity (Wildman–Crippen MR) is 12.2 cm³/mol. The van der Waals surface area contributed by atoms with Gasteiger partial charge in [0.05, 0.1) is 0 Å². The Morgan fingerprint density at radius 1 is 1.20 bits per heavy atom. The fourth-order valence-corrected chi connectivity index (χ4v) is 0. The second-order valence-corrected chi connectivity index (χ2v) is 0. The molecule has 0 fully saturated rings. The molecule has 0 aromatic heterocycles. The summed E-state index contributed by atoms with van der Waals surface area (Å²) < 4.78 is 8.34. The molecule has 0 spiro atoms. The molecule has 0 rings (SSSR count). The van der Waals surface area contributed by atoms with Crippen LogP contribution in [0, 0.1) is 0 Å². The Bertz CT molecular complexity index is 11.6. The van der Waals surface area contributed by atoms with E-state index in [0.29, 0.717) is 22.5 Å². The molecule has 5 heavy (non-hydrogen) atoms. The Kier molecular flexibility index (Phi) is 147. The molecular weight excluding hydrogens is 382 g/mol. The van der Waals surface area contributed by atoms with Crippen molar-refractivity contribution in [2.75, 3.05) is 0 Å². The molecule has 0 saturated carbocycles. The van der Waals surface area contributed by atoms with E-state index in [-0.39, 0.29) is 66.6 Å². The molecule has 0 aliphatic carbocycles. The van der Waals surface area contributed by atoms with Crippen molar-refractivity contribution < 1.29 is 49.9 Å². The van der Waals surface area contributed by atoms with Crippen LogP contribution < -0.4 is 0 Å². The molecule has 0 aromatic rings. The Morgan fingerprint density at radius 3 is 1.20 bits per heavy atom. The van der Waals surface area contributed by atoms with Gasteiger partial charge in [0.15, 0.2) is 0 Å². The van der Waals surface area contributed by atoms with E-state index in [4.69, 9.17) is 3.08 Å². The Balaban J connectivity index is -0.00000000167. The largest absolute Gasteiger partial charge is 0 e. The van der Waals surface area contributed by atoms with E-state index in [0.717, 1.165) is 0 Å². The quantitative estimate of drug-likeness (QED) is 0.498. The van der Waals surface area contributed by atoms with E-state index >= 15 is 0 Å². The molecule has 0 saturated heterocycles. The van der Waals surface area contributed by atoms with E-state index in [1.165, 1.54) is 0 Å². The van der Waals surface area contributed by atoms with Crippen molar-refractivity contribution in [1.29, 1.82) is 0 Å². The van der Waals surface area contributed by atoms with Crippen LogP contribution in [0.3, 0.4) is 0 Å². The number of hydrogen-bond donors (Lipinski definition) is 0. The van der Waals surface area contributed by atoms with Gasteiger partial charge in [0.2, 0.25) is 0 Å². The van der Waals surface area contributed by atoms with Gasteiger partial charge in [-0.1, -0.05) is 0 Å². The molecule has 0 aliphatic heterocycles. The molecule has 0 aliphatic rings. The first-order valence-electron chi connectivity index (χ1n) is 0.204. The summed E-state index contributed by atoms with van der Waals surface area (Å²) in [5.41, 5.74) is 0. The maximum atomic E-state index is 8.34. The molecule has 0 aromatic carbocycles. The second-order valence-electron chi connectivity index (χ2n) is 0. The van der Waals surface area contributed by atoms with Crippen LogP contribution in [0.4, 0.5) is 0 Å². The van der Waals surface area contributed by atoms with Gasteiger partial charge in [-0.2, -0.15) is 0 Å². The average molecular weight is 382 g/mol. The SMILES string of the molecule is [Cd].[Ga].[O]=[Sn].[Zn]. The maximum absolute atomic E-state index is 8.34. The second kappa shape index (κ2) is 29.3. The van der Waals surface area contributed by atoms with Crippen LogP contribution in [0.5, 0.6) is 0 Å². The smallest absolute Gasteiger partial charge is 0 e. The van der Waals surface area contributed by atoms with Gasteiger partial charge in [-0.15, -0.1) is 0 Å². The Morgan fingerprint density at radius 2 is 1.20 bits per heavy atom. The van der Waals surface area contributed by atoms with E-state index in [1.54, 1.807) is 0 Å². The summed E-state index contributed by atoms with van der Waals surface area (Å²) >= 11 is 0.300. The normalized spacial score (nSPS) is 0.800. The van der Waals surface area contributed by atoms with Crippen molar-refractivity contribution in [3.05, 3.63) is 0 Å². The van der Waals surface area contributed by atoms with Crippen molar-refractivity contribution in [3.63, 3.8) is 0 Å². The van der Waals surface area contributed by atoms with Gasteiger partial charge >= 0.3 is 25.6 Å². The average Bonchev–Trinajstić information content (AvgIpc) is 1.00. The van der Waals surface area contributed by atoms with E-state index in [1.807, 2.05) is 0 Å². The summed E-state index contributed by atoms with van der Waals surface area (Å²) in [6.45, 7) is 0. The molecule has 5 radical (unpaired) electrons. The number of hydrogen-bond acceptors (Lipinski definition) is 1. The monoisotopic (exact) mass is 383 g/mol. The zero-order chi connectivity index (χ0) is 2.00. The van der Waals surface area contributed by atoms with Gasteiger partial charge in [0, 0.05) is 66.6 Å². The van der Waals surface area contributed by atoms with Crippen LogP contribution >= 0.6 is 0 Å². The Hall–Kier alpha value is 2.78. The molecule has 0 heterocycles. The van der Waals surface area contributed by atoms with Gasteiger partial charge in [0.25, 0.3) is 0 Å². The van der Waals surface area contributed by atoms with Crippen molar-refractivity contribution >= 4 is 42.3 Å². The zero-order valence-corrected chi connectivity index (χ0v) is 15.2. The van der Waals surface area contributed by atoms with Crippen molar-refractivity contribution in [2.45, 2.75) is 0 Å². The molecule has 0 amide bonds. The third kappa shape index (κ3) is 20.0. The molecule has 0 N–H and O–H groups in total. The molecule has 0 atom stereocenters. The van der Waals surface area contributed by atoms with Gasteiger partial charge in [-0.05, 0) is 0 Å². The van der Waals surface area contributed by atoms with Crippen LogP contribution in [-0.4, -0.2) is 42.3 Å². The third-order valence-corrected chi connectivity index (χ3v) is 0. The van der Waals surface area contributed by atoms with Crippen LogP contribution in [0.15, 0.2) is 0 Å². The van der Waals surface area contributed by atoms with E-state index in [2.05, 4.69) is 0 Å². The summed E-state index contributed by atoms with van der Waals surface area (Å²) in [7, 11) is 0. The van der Waals surface area contributed by atoms with Gasteiger partial charge in [0.1, 0.15) is 0 Å². The van der Waals surface area contributed by atoms with Crippen LogP contribution in [0.1, 0.15) is 0 Å². The fraction of sp³-hybridized carbons (Fsp3) is 0. The maximum Gasteiger partial charge on any atom is 0 e. The molecule has 17 valence electrons. The first kappa shape index (κ1) is 25.0. The van der Waals surface area contributed by atoms with Crippen LogP contribution in [0.25, 0.3) is 0 Å². The summed E-state index contributed by atoms with van der Waals surface area (Å²) in [6, 6.07) is 0.